The van der Waals surface area contributed by atoms with E-state index in [1.165, 1.54) is 9.75 Å². The Hall–Kier alpha value is -0.840. The topological polar surface area (TPSA) is 35.2 Å². The number of ether oxygens (including phenoxy) is 1. The molecule has 0 unspecified atom stereocenters. The quantitative estimate of drug-likeness (QED) is 0.930. The van der Waals surface area contributed by atoms with Crippen molar-refractivity contribution in [3.63, 3.8) is 0 Å². The van der Waals surface area contributed by atoms with Gasteiger partial charge in [-0.05, 0) is 36.8 Å². The third-order valence-corrected chi connectivity index (χ3v) is 4.01. The molecule has 0 aliphatic heterocycles. The first-order chi connectivity index (χ1) is 8.19. The maximum atomic E-state index is 5.80. The second kappa shape index (κ2) is 5.67. The number of nitrogens with two attached hydrogens (primary N) is 1. The van der Waals surface area contributed by atoms with Gasteiger partial charge >= 0.3 is 0 Å². The number of thiophene rings is 1. The van der Waals surface area contributed by atoms with Gasteiger partial charge in [0.1, 0.15) is 12.4 Å². The molecule has 0 bridgehead atoms. The Morgan fingerprint density at radius 2 is 2.00 bits per heavy atom. The van der Waals surface area contributed by atoms with Crippen molar-refractivity contribution in [1.29, 1.82) is 0 Å². The van der Waals surface area contributed by atoms with Gasteiger partial charge in [0.05, 0.1) is 0 Å². The van der Waals surface area contributed by atoms with Crippen LogP contribution in [0.5, 0.6) is 5.75 Å². The molecule has 0 spiro atoms. The minimum Gasteiger partial charge on any atom is -0.488 e. The van der Waals surface area contributed by atoms with Crippen molar-refractivity contribution in [3.8, 4) is 5.75 Å². The monoisotopic (exact) mass is 311 g/mol. The van der Waals surface area contributed by atoms with E-state index < -0.39 is 0 Å². The molecule has 2 N–H and O–H groups in total. The first-order valence-corrected chi connectivity index (χ1v) is 6.96. The van der Waals surface area contributed by atoms with Crippen molar-refractivity contribution in [1.82, 2.24) is 0 Å². The summed E-state index contributed by atoms with van der Waals surface area (Å²) in [6, 6.07) is 10.2. The highest BCUT2D eigenvalue weighted by Crippen LogP contribution is 2.25. The Labute approximate surface area is 114 Å². The molecule has 0 saturated carbocycles. The highest BCUT2D eigenvalue weighted by molar-refractivity contribution is 9.10. The molecule has 4 heteroatoms. The molecule has 17 heavy (non-hydrogen) atoms. The van der Waals surface area contributed by atoms with Crippen molar-refractivity contribution in [3.05, 3.63) is 50.1 Å². The SMILES string of the molecule is Cc1ccc(Br)cc1OCc1ccc(CN)s1. The third-order valence-electron chi connectivity index (χ3n) is 2.44. The summed E-state index contributed by atoms with van der Waals surface area (Å²) in [6.07, 6.45) is 0. The van der Waals surface area contributed by atoms with Gasteiger partial charge in [0.15, 0.2) is 0 Å². The molecule has 0 atom stereocenters. The van der Waals surface area contributed by atoms with Gasteiger partial charge in [-0.3, -0.25) is 0 Å². The van der Waals surface area contributed by atoms with E-state index in [0.29, 0.717) is 13.2 Å². The van der Waals surface area contributed by atoms with Crippen molar-refractivity contribution in [2.45, 2.75) is 20.1 Å². The van der Waals surface area contributed by atoms with Crippen molar-refractivity contribution in [2.24, 2.45) is 5.73 Å². The molecule has 0 aliphatic carbocycles. The molecule has 2 rings (SSSR count). The van der Waals surface area contributed by atoms with Gasteiger partial charge in [0.25, 0.3) is 0 Å². The molecule has 2 aromatic rings. The summed E-state index contributed by atoms with van der Waals surface area (Å²) >= 11 is 5.14. The van der Waals surface area contributed by atoms with E-state index in [0.717, 1.165) is 15.8 Å². The predicted molar refractivity (Wildman–Crippen MR) is 75.4 cm³/mol. The lowest BCUT2D eigenvalue weighted by atomic mass is 10.2. The van der Waals surface area contributed by atoms with Gasteiger partial charge in [-0.1, -0.05) is 22.0 Å². The van der Waals surface area contributed by atoms with E-state index >= 15 is 0 Å². The number of hydrogen-bond acceptors (Lipinski definition) is 3. The van der Waals surface area contributed by atoms with Gasteiger partial charge in [-0.2, -0.15) is 0 Å². The molecule has 1 aromatic heterocycles. The highest BCUT2D eigenvalue weighted by Gasteiger charge is 2.03. The fraction of sp³-hybridized carbons (Fsp3) is 0.231. The molecule has 0 aliphatic rings. The zero-order chi connectivity index (χ0) is 12.3. The lowest BCUT2D eigenvalue weighted by Crippen LogP contribution is -1.95. The molecule has 0 amide bonds. The highest BCUT2D eigenvalue weighted by atomic mass is 79.9. The lowest BCUT2D eigenvalue weighted by Gasteiger charge is -2.08. The molecular formula is C13H14BrNOS. The largest absolute Gasteiger partial charge is 0.488 e. The first kappa shape index (κ1) is 12.6. The number of rotatable bonds is 4. The van der Waals surface area contributed by atoms with E-state index in [9.17, 15) is 0 Å². The normalized spacial score (nSPS) is 10.5. The van der Waals surface area contributed by atoms with E-state index in [4.69, 9.17) is 10.5 Å². The Kier molecular flexibility index (Phi) is 4.20. The van der Waals surface area contributed by atoms with Gasteiger partial charge in [0, 0.05) is 20.8 Å². The molecule has 1 aromatic carbocycles. The number of benzene rings is 1. The lowest BCUT2D eigenvalue weighted by molar-refractivity contribution is 0.307. The van der Waals surface area contributed by atoms with Crippen LogP contribution in [0.15, 0.2) is 34.8 Å². The fourth-order valence-corrected chi connectivity index (χ4v) is 2.64. The van der Waals surface area contributed by atoms with Crippen LogP contribution in [0.25, 0.3) is 0 Å². The summed E-state index contributed by atoms with van der Waals surface area (Å²) in [6.45, 7) is 3.24. The van der Waals surface area contributed by atoms with Crippen molar-refractivity contribution < 1.29 is 4.74 Å². The van der Waals surface area contributed by atoms with Crippen LogP contribution in [0, 0.1) is 6.92 Å². The second-order valence-corrected chi connectivity index (χ2v) is 5.94. The van der Waals surface area contributed by atoms with Crippen LogP contribution >= 0.6 is 27.3 Å². The Balaban J connectivity index is 2.04. The van der Waals surface area contributed by atoms with Crippen LogP contribution in [-0.2, 0) is 13.2 Å². The molecule has 2 nitrogen and oxygen atoms in total. The second-order valence-electron chi connectivity index (χ2n) is 3.77. The van der Waals surface area contributed by atoms with Crippen molar-refractivity contribution >= 4 is 27.3 Å². The van der Waals surface area contributed by atoms with Crippen LogP contribution in [0.1, 0.15) is 15.3 Å². The third kappa shape index (κ3) is 3.31. The summed E-state index contributed by atoms with van der Waals surface area (Å²) in [5, 5.41) is 0. The molecule has 0 saturated heterocycles. The number of halogens is 1. The zero-order valence-corrected chi connectivity index (χ0v) is 12.0. The van der Waals surface area contributed by atoms with Crippen LogP contribution in [0.4, 0.5) is 0 Å². The Morgan fingerprint density at radius 1 is 1.24 bits per heavy atom. The number of hydrogen-bond donors (Lipinski definition) is 1. The minimum atomic E-state index is 0.598. The molecule has 1 heterocycles. The fourth-order valence-electron chi connectivity index (χ4n) is 1.49. The summed E-state index contributed by atoms with van der Waals surface area (Å²) in [5.41, 5.74) is 6.72. The standard InChI is InChI=1S/C13H14BrNOS/c1-9-2-3-10(14)6-13(9)16-8-12-5-4-11(7-15)17-12/h2-6H,7-8,15H2,1H3. The van der Waals surface area contributed by atoms with Gasteiger partial charge < -0.3 is 10.5 Å². The van der Waals surface area contributed by atoms with E-state index in [-0.39, 0.29) is 0 Å². The maximum absolute atomic E-state index is 5.80. The van der Waals surface area contributed by atoms with Crippen LogP contribution < -0.4 is 10.5 Å². The average Bonchev–Trinajstić information content (AvgIpc) is 2.78. The number of aryl methyl sites for hydroxylation is 1. The zero-order valence-electron chi connectivity index (χ0n) is 9.57. The first-order valence-electron chi connectivity index (χ1n) is 5.35. The van der Waals surface area contributed by atoms with E-state index in [2.05, 4.69) is 28.1 Å². The summed E-state index contributed by atoms with van der Waals surface area (Å²) in [5.74, 6) is 0.919. The predicted octanol–water partition coefficient (Wildman–Crippen LogP) is 3.86. The Bertz CT molecular complexity index is 510. The molecule has 90 valence electrons. The van der Waals surface area contributed by atoms with Gasteiger partial charge in [-0.15, -0.1) is 11.3 Å². The van der Waals surface area contributed by atoms with E-state index in [1.54, 1.807) is 11.3 Å². The van der Waals surface area contributed by atoms with Crippen LogP contribution in [0.2, 0.25) is 0 Å². The maximum Gasteiger partial charge on any atom is 0.123 e. The minimum absolute atomic E-state index is 0.598. The average molecular weight is 312 g/mol. The van der Waals surface area contributed by atoms with Gasteiger partial charge in [-0.25, -0.2) is 0 Å². The van der Waals surface area contributed by atoms with Crippen molar-refractivity contribution in [2.75, 3.05) is 0 Å². The Morgan fingerprint density at radius 3 is 2.71 bits per heavy atom. The molecular weight excluding hydrogens is 298 g/mol. The summed E-state index contributed by atoms with van der Waals surface area (Å²) in [4.78, 5) is 2.39. The van der Waals surface area contributed by atoms with E-state index in [1.807, 2.05) is 25.1 Å². The van der Waals surface area contributed by atoms with Crippen LogP contribution in [-0.4, -0.2) is 0 Å². The molecule has 0 fully saturated rings. The van der Waals surface area contributed by atoms with Crippen LogP contribution in [0.3, 0.4) is 0 Å². The summed E-state index contributed by atoms with van der Waals surface area (Å²) < 4.78 is 6.84. The molecule has 0 radical (unpaired) electrons. The summed E-state index contributed by atoms with van der Waals surface area (Å²) in [7, 11) is 0. The smallest absolute Gasteiger partial charge is 0.123 e. The van der Waals surface area contributed by atoms with Gasteiger partial charge in [0.2, 0.25) is 0 Å².